The van der Waals surface area contributed by atoms with E-state index in [1.807, 2.05) is 6.07 Å². The summed E-state index contributed by atoms with van der Waals surface area (Å²) in [5.74, 6) is -1.90. The lowest BCUT2D eigenvalue weighted by atomic mass is 9.88. The smallest absolute Gasteiger partial charge is 0.457 e. The largest absolute Gasteiger partial charge is 0.573 e. The Bertz CT molecular complexity index is 1190. The Labute approximate surface area is 199 Å². The Morgan fingerprint density at radius 1 is 0.886 bits per heavy atom. The fourth-order valence-corrected chi connectivity index (χ4v) is 3.41. The molecule has 3 rings (SSSR count). The normalized spacial score (nSPS) is 13.0. The number of ether oxygens (including phenoxy) is 3. The molecule has 0 aliphatic heterocycles. The Balaban J connectivity index is 1.76. The molecule has 182 valence electrons. The van der Waals surface area contributed by atoms with Crippen molar-refractivity contribution in [2.24, 2.45) is 5.92 Å². The highest BCUT2D eigenvalue weighted by Gasteiger charge is 2.32. The van der Waals surface area contributed by atoms with Crippen molar-refractivity contribution in [1.29, 1.82) is 5.26 Å². The third-order valence-electron chi connectivity index (χ3n) is 4.95. The van der Waals surface area contributed by atoms with Gasteiger partial charge >= 0.3 is 12.3 Å². The first-order valence-electron chi connectivity index (χ1n) is 10.5. The van der Waals surface area contributed by atoms with Crippen molar-refractivity contribution < 1.29 is 36.6 Å². The molecule has 0 aliphatic carbocycles. The van der Waals surface area contributed by atoms with Crippen LogP contribution < -0.4 is 9.47 Å². The predicted octanol–water partition coefficient (Wildman–Crippen LogP) is 7.06. The van der Waals surface area contributed by atoms with Crippen molar-refractivity contribution in [3.63, 3.8) is 0 Å². The van der Waals surface area contributed by atoms with Gasteiger partial charge in [0.25, 0.3) is 0 Å². The number of carbonyl (C=O) groups excluding carboxylic acids is 1. The van der Waals surface area contributed by atoms with E-state index in [0.717, 1.165) is 12.1 Å². The molecule has 3 aromatic rings. The van der Waals surface area contributed by atoms with Crippen molar-refractivity contribution in [3.8, 4) is 23.3 Å². The van der Waals surface area contributed by atoms with Crippen molar-refractivity contribution in [1.82, 2.24) is 0 Å². The van der Waals surface area contributed by atoms with Crippen LogP contribution >= 0.6 is 0 Å². The van der Waals surface area contributed by atoms with Crippen LogP contribution in [-0.2, 0) is 9.53 Å². The van der Waals surface area contributed by atoms with Gasteiger partial charge < -0.3 is 14.2 Å². The van der Waals surface area contributed by atoms with Crippen molar-refractivity contribution in [2.75, 3.05) is 0 Å². The first kappa shape index (κ1) is 25.6. The molecule has 2 atom stereocenters. The third kappa shape index (κ3) is 7.21. The zero-order chi connectivity index (χ0) is 25.6. The molecule has 0 spiro atoms. The number of nitrogens with zero attached hydrogens (tertiary/aromatic N) is 1. The lowest BCUT2D eigenvalue weighted by molar-refractivity contribution is -0.274. The van der Waals surface area contributed by atoms with Crippen LogP contribution in [0.5, 0.6) is 17.2 Å². The molecule has 0 bridgehead atoms. The van der Waals surface area contributed by atoms with Crippen LogP contribution in [0.3, 0.4) is 0 Å². The van der Waals surface area contributed by atoms with Crippen molar-refractivity contribution in [2.45, 2.75) is 32.2 Å². The van der Waals surface area contributed by atoms with Gasteiger partial charge in [-0.3, -0.25) is 4.79 Å². The first-order chi connectivity index (χ1) is 16.6. The molecule has 0 aromatic heterocycles. The average molecular weight is 487 g/mol. The third-order valence-corrected chi connectivity index (χ3v) is 4.95. The molecule has 0 heterocycles. The van der Waals surface area contributed by atoms with Crippen molar-refractivity contribution >= 4 is 5.97 Å². The Kier molecular flexibility index (Phi) is 7.97. The molecule has 0 amide bonds. The maximum Gasteiger partial charge on any atom is 0.573 e. The van der Waals surface area contributed by atoms with E-state index in [0.29, 0.717) is 22.6 Å². The summed E-state index contributed by atoms with van der Waals surface area (Å²) in [6, 6.07) is 18.6. The number of nitriles is 1. The van der Waals surface area contributed by atoms with Crippen molar-refractivity contribution in [3.05, 3.63) is 89.7 Å². The van der Waals surface area contributed by atoms with Gasteiger partial charge in [0.15, 0.2) is 0 Å². The van der Waals surface area contributed by atoms with Crippen LogP contribution in [0.1, 0.15) is 37.0 Å². The second-order valence-corrected chi connectivity index (χ2v) is 7.91. The lowest BCUT2D eigenvalue weighted by Gasteiger charge is -2.22. The molecular weight excluding hydrogens is 466 g/mol. The molecule has 0 saturated heterocycles. The van der Waals surface area contributed by atoms with E-state index >= 15 is 0 Å². The summed E-state index contributed by atoms with van der Waals surface area (Å²) in [5, 5.41) is 9.64. The number of rotatable bonds is 8. The standard InChI is InChI=1S/C26H21F4NO4/c1-16(2)24(17-6-10-21(11-7-17)35-26(28,29)30)25(32)34-23(15-31)18-4-3-5-22(14-18)33-20-12-8-19(27)9-13-20/h3-14,16,23-24H,1-2H3. The van der Waals surface area contributed by atoms with E-state index in [4.69, 9.17) is 9.47 Å². The summed E-state index contributed by atoms with van der Waals surface area (Å²) < 4.78 is 65.4. The molecule has 0 radical (unpaired) electrons. The zero-order valence-corrected chi connectivity index (χ0v) is 18.8. The summed E-state index contributed by atoms with van der Waals surface area (Å²) in [4.78, 5) is 13.0. The minimum atomic E-state index is -4.83. The number of esters is 1. The van der Waals surface area contributed by atoms with Gasteiger partial charge in [0.2, 0.25) is 6.10 Å². The number of alkyl halides is 3. The van der Waals surface area contributed by atoms with Gasteiger partial charge in [0, 0.05) is 5.56 Å². The highest BCUT2D eigenvalue weighted by atomic mass is 19.4. The highest BCUT2D eigenvalue weighted by Crippen LogP contribution is 2.32. The SMILES string of the molecule is CC(C)C(C(=O)OC(C#N)c1cccc(Oc2ccc(F)cc2)c1)c1ccc(OC(F)(F)F)cc1. The number of hydrogen-bond acceptors (Lipinski definition) is 5. The maximum absolute atomic E-state index is 13.1. The maximum atomic E-state index is 13.1. The molecule has 0 N–H and O–H groups in total. The Morgan fingerprint density at radius 3 is 2.09 bits per heavy atom. The minimum Gasteiger partial charge on any atom is -0.457 e. The molecule has 0 aliphatic rings. The molecule has 0 fully saturated rings. The number of hydrogen-bond donors (Lipinski definition) is 0. The number of halogens is 4. The molecular formula is C26H21F4NO4. The van der Waals surface area contributed by atoms with Gasteiger partial charge in [-0.1, -0.05) is 38.1 Å². The van der Waals surface area contributed by atoms with Gasteiger partial charge in [-0.05, 0) is 60.0 Å². The summed E-state index contributed by atoms with van der Waals surface area (Å²) >= 11 is 0. The van der Waals surface area contributed by atoms with Crippen LogP contribution in [0.15, 0.2) is 72.8 Å². The van der Waals surface area contributed by atoms with E-state index in [1.165, 1.54) is 42.5 Å². The van der Waals surface area contributed by atoms with Gasteiger partial charge in [0.1, 0.15) is 29.1 Å². The highest BCUT2D eigenvalue weighted by molar-refractivity contribution is 5.79. The van der Waals surface area contributed by atoms with E-state index in [1.54, 1.807) is 32.0 Å². The summed E-state index contributed by atoms with van der Waals surface area (Å²) in [6.45, 7) is 3.51. The van der Waals surface area contributed by atoms with Gasteiger partial charge in [-0.15, -0.1) is 13.2 Å². The molecule has 3 aromatic carbocycles. The quantitative estimate of drug-likeness (QED) is 0.251. The average Bonchev–Trinajstić information content (AvgIpc) is 2.79. The minimum absolute atomic E-state index is 0.274. The molecule has 35 heavy (non-hydrogen) atoms. The fraction of sp³-hybridized carbons (Fsp3) is 0.231. The summed E-state index contributed by atoms with van der Waals surface area (Å²) in [5.41, 5.74) is 0.779. The monoisotopic (exact) mass is 487 g/mol. The Morgan fingerprint density at radius 2 is 1.51 bits per heavy atom. The van der Waals surface area contributed by atoms with E-state index in [9.17, 15) is 27.6 Å². The van der Waals surface area contributed by atoms with Gasteiger partial charge in [-0.2, -0.15) is 5.26 Å². The second-order valence-electron chi connectivity index (χ2n) is 7.91. The van der Waals surface area contributed by atoms with E-state index in [-0.39, 0.29) is 5.92 Å². The number of carbonyl (C=O) groups is 1. The first-order valence-corrected chi connectivity index (χ1v) is 10.5. The van der Waals surface area contributed by atoms with Crippen LogP contribution in [0.4, 0.5) is 17.6 Å². The van der Waals surface area contributed by atoms with Gasteiger partial charge in [-0.25, -0.2) is 4.39 Å². The lowest BCUT2D eigenvalue weighted by Crippen LogP contribution is -2.23. The van der Waals surface area contributed by atoms with Crippen LogP contribution in [0.2, 0.25) is 0 Å². The van der Waals surface area contributed by atoms with Gasteiger partial charge in [0.05, 0.1) is 5.92 Å². The van der Waals surface area contributed by atoms with Crippen LogP contribution in [-0.4, -0.2) is 12.3 Å². The zero-order valence-electron chi connectivity index (χ0n) is 18.8. The molecule has 0 saturated carbocycles. The van der Waals surface area contributed by atoms with E-state index in [2.05, 4.69) is 4.74 Å². The molecule has 5 nitrogen and oxygen atoms in total. The summed E-state index contributed by atoms with van der Waals surface area (Å²) in [7, 11) is 0. The summed E-state index contributed by atoms with van der Waals surface area (Å²) in [6.07, 6.45) is -6.08. The fourth-order valence-electron chi connectivity index (χ4n) is 3.41. The number of benzene rings is 3. The second kappa shape index (κ2) is 10.9. The van der Waals surface area contributed by atoms with Crippen LogP contribution in [0.25, 0.3) is 0 Å². The van der Waals surface area contributed by atoms with Crippen LogP contribution in [0, 0.1) is 23.1 Å². The topological polar surface area (TPSA) is 68.6 Å². The molecule has 9 heteroatoms. The molecule has 2 unspecified atom stereocenters. The van der Waals surface area contributed by atoms with E-state index < -0.39 is 35.9 Å². The predicted molar refractivity (Wildman–Crippen MR) is 118 cm³/mol. The Hall–Kier alpha value is -4.06.